The number of benzene rings is 1. The molecule has 0 unspecified atom stereocenters. The summed E-state index contributed by atoms with van der Waals surface area (Å²) >= 11 is 3.00. The van der Waals surface area contributed by atoms with Crippen molar-refractivity contribution < 1.29 is 13.6 Å². The van der Waals surface area contributed by atoms with Crippen LogP contribution in [0.5, 0.6) is 0 Å². The summed E-state index contributed by atoms with van der Waals surface area (Å²) in [6, 6.07) is 13.6. The van der Waals surface area contributed by atoms with Gasteiger partial charge in [0.1, 0.15) is 16.6 Å². The van der Waals surface area contributed by atoms with Gasteiger partial charge in [0, 0.05) is 22.0 Å². The van der Waals surface area contributed by atoms with Gasteiger partial charge in [0.15, 0.2) is 0 Å². The second-order valence-electron chi connectivity index (χ2n) is 6.70. The van der Waals surface area contributed by atoms with Gasteiger partial charge in [-0.2, -0.15) is 0 Å². The lowest BCUT2D eigenvalue weighted by Gasteiger charge is -2.18. The van der Waals surface area contributed by atoms with Crippen LogP contribution >= 0.6 is 22.7 Å². The van der Waals surface area contributed by atoms with Gasteiger partial charge < -0.3 is 9.73 Å². The predicted octanol–water partition coefficient (Wildman–Crippen LogP) is 5.09. The summed E-state index contributed by atoms with van der Waals surface area (Å²) in [6.45, 7) is 4.00. The van der Waals surface area contributed by atoms with E-state index in [4.69, 9.17) is 4.42 Å². The maximum Gasteiger partial charge on any atom is 0.286 e. The molecule has 154 valence electrons. The molecule has 0 aliphatic carbocycles. The van der Waals surface area contributed by atoms with Crippen molar-refractivity contribution in [1.82, 2.24) is 15.1 Å². The van der Waals surface area contributed by atoms with E-state index in [-0.39, 0.29) is 16.7 Å². The highest BCUT2D eigenvalue weighted by atomic mass is 32.1. The Labute approximate surface area is 181 Å². The van der Waals surface area contributed by atoms with E-state index in [2.05, 4.69) is 39.5 Å². The van der Waals surface area contributed by atoms with Crippen LogP contribution in [0, 0.1) is 12.7 Å². The summed E-state index contributed by atoms with van der Waals surface area (Å²) in [5.74, 6) is 0.141. The molecule has 4 rings (SSSR count). The standard InChI is InChI=1S/C21H19FN4O2S2/c1-14-4-9-18(29-14)12-26(11-17-3-2-10-28-17)13-19-24-25-21(30-19)20(27)23-16-7-5-15(22)6-8-16/h2-10H,11-13H2,1H3,(H,23,27). The summed E-state index contributed by atoms with van der Waals surface area (Å²) in [6.07, 6.45) is 1.66. The minimum Gasteiger partial charge on any atom is -0.468 e. The fraction of sp³-hybridized carbons (Fsp3) is 0.190. The van der Waals surface area contributed by atoms with E-state index < -0.39 is 0 Å². The summed E-state index contributed by atoms with van der Waals surface area (Å²) in [4.78, 5) is 17.1. The second-order valence-corrected chi connectivity index (χ2v) is 9.13. The van der Waals surface area contributed by atoms with E-state index in [1.54, 1.807) is 17.6 Å². The van der Waals surface area contributed by atoms with Crippen molar-refractivity contribution >= 4 is 34.3 Å². The van der Waals surface area contributed by atoms with Crippen LogP contribution in [0.2, 0.25) is 0 Å². The van der Waals surface area contributed by atoms with Gasteiger partial charge in [0.05, 0.1) is 19.4 Å². The first-order valence-electron chi connectivity index (χ1n) is 9.24. The molecule has 4 aromatic rings. The molecule has 0 bridgehead atoms. The number of aryl methyl sites for hydroxylation is 1. The number of carbonyl (C=O) groups excluding carboxylic acids is 1. The number of anilines is 1. The van der Waals surface area contributed by atoms with E-state index in [0.717, 1.165) is 17.3 Å². The number of halogens is 1. The van der Waals surface area contributed by atoms with Crippen molar-refractivity contribution in [1.29, 1.82) is 0 Å². The molecular formula is C21H19FN4O2S2. The molecule has 9 heteroatoms. The number of rotatable bonds is 8. The zero-order chi connectivity index (χ0) is 20.9. The van der Waals surface area contributed by atoms with Gasteiger partial charge in [-0.1, -0.05) is 11.3 Å². The third kappa shape index (κ3) is 5.38. The maximum atomic E-state index is 13.0. The van der Waals surface area contributed by atoms with E-state index in [0.29, 0.717) is 18.8 Å². The van der Waals surface area contributed by atoms with Crippen molar-refractivity contribution in [2.24, 2.45) is 0 Å². The van der Waals surface area contributed by atoms with Crippen molar-refractivity contribution in [3.05, 3.63) is 86.1 Å². The minimum absolute atomic E-state index is 0.263. The highest BCUT2D eigenvalue weighted by Crippen LogP contribution is 2.22. The van der Waals surface area contributed by atoms with Gasteiger partial charge in [-0.15, -0.1) is 21.5 Å². The zero-order valence-electron chi connectivity index (χ0n) is 16.2. The molecule has 0 saturated carbocycles. The van der Waals surface area contributed by atoms with E-state index in [1.807, 2.05) is 12.1 Å². The Morgan fingerprint density at radius 2 is 1.90 bits per heavy atom. The minimum atomic E-state index is -0.364. The van der Waals surface area contributed by atoms with E-state index in [9.17, 15) is 9.18 Å². The third-order valence-electron chi connectivity index (χ3n) is 4.26. The molecule has 0 aliphatic heterocycles. The van der Waals surface area contributed by atoms with Crippen molar-refractivity contribution in [3.8, 4) is 0 Å². The molecule has 30 heavy (non-hydrogen) atoms. The van der Waals surface area contributed by atoms with Gasteiger partial charge in [-0.05, 0) is 55.5 Å². The van der Waals surface area contributed by atoms with Crippen LogP contribution in [-0.2, 0) is 19.6 Å². The lowest BCUT2D eigenvalue weighted by molar-refractivity contribution is 0.102. The molecule has 0 spiro atoms. The normalized spacial score (nSPS) is 11.2. The predicted molar refractivity (Wildman–Crippen MR) is 115 cm³/mol. The SMILES string of the molecule is Cc1ccc(CN(Cc2ccco2)Cc2nnc(C(=O)Nc3ccc(F)cc3)s2)s1. The average molecular weight is 443 g/mol. The number of hydrogen-bond acceptors (Lipinski definition) is 7. The molecule has 1 N–H and O–H groups in total. The number of amides is 1. The van der Waals surface area contributed by atoms with E-state index >= 15 is 0 Å². The highest BCUT2D eigenvalue weighted by Gasteiger charge is 2.17. The van der Waals surface area contributed by atoms with Crippen LogP contribution in [-0.4, -0.2) is 21.0 Å². The largest absolute Gasteiger partial charge is 0.468 e. The van der Waals surface area contributed by atoms with Crippen LogP contribution in [0.3, 0.4) is 0 Å². The molecule has 0 atom stereocenters. The molecule has 6 nitrogen and oxygen atoms in total. The quantitative estimate of drug-likeness (QED) is 0.411. The maximum absolute atomic E-state index is 13.0. The van der Waals surface area contributed by atoms with Crippen LogP contribution in [0.15, 0.2) is 59.2 Å². The van der Waals surface area contributed by atoms with Crippen LogP contribution < -0.4 is 5.32 Å². The summed E-state index contributed by atoms with van der Waals surface area (Å²) in [5.41, 5.74) is 0.505. The fourth-order valence-electron chi connectivity index (χ4n) is 2.90. The number of carbonyl (C=O) groups is 1. The molecule has 1 aromatic carbocycles. The zero-order valence-corrected chi connectivity index (χ0v) is 17.8. The topological polar surface area (TPSA) is 71.3 Å². The van der Waals surface area contributed by atoms with Gasteiger partial charge in [-0.3, -0.25) is 9.69 Å². The average Bonchev–Trinajstić information content (AvgIpc) is 3.47. The first-order valence-corrected chi connectivity index (χ1v) is 10.9. The first-order chi connectivity index (χ1) is 14.5. The molecule has 3 heterocycles. The van der Waals surface area contributed by atoms with Crippen LogP contribution in [0.4, 0.5) is 10.1 Å². The van der Waals surface area contributed by atoms with Crippen molar-refractivity contribution in [3.63, 3.8) is 0 Å². The number of furan rings is 1. The van der Waals surface area contributed by atoms with Crippen LogP contribution in [0.25, 0.3) is 0 Å². The number of hydrogen-bond donors (Lipinski definition) is 1. The first kappa shape index (κ1) is 20.4. The Kier molecular flexibility index (Phi) is 6.32. The Balaban J connectivity index is 1.44. The van der Waals surface area contributed by atoms with Gasteiger partial charge in [-0.25, -0.2) is 4.39 Å². The molecule has 0 aliphatic rings. The van der Waals surface area contributed by atoms with Gasteiger partial charge in [0.2, 0.25) is 5.01 Å². The molecule has 0 fully saturated rings. The monoisotopic (exact) mass is 442 g/mol. The lowest BCUT2D eigenvalue weighted by Crippen LogP contribution is -2.21. The molecule has 0 saturated heterocycles. The smallest absolute Gasteiger partial charge is 0.286 e. The number of nitrogens with one attached hydrogen (secondary N) is 1. The summed E-state index contributed by atoms with van der Waals surface area (Å²) in [5, 5.41) is 11.9. The van der Waals surface area contributed by atoms with Crippen molar-refractivity contribution in [2.75, 3.05) is 5.32 Å². The number of thiophene rings is 1. The van der Waals surface area contributed by atoms with Crippen molar-refractivity contribution in [2.45, 2.75) is 26.6 Å². The molecule has 1 amide bonds. The Hall–Kier alpha value is -2.88. The summed E-state index contributed by atoms with van der Waals surface area (Å²) in [7, 11) is 0. The van der Waals surface area contributed by atoms with E-state index in [1.165, 1.54) is 45.4 Å². The fourth-order valence-corrected chi connectivity index (χ4v) is 4.61. The Bertz CT molecular complexity index is 1110. The van der Waals surface area contributed by atoms with Gasteiger partial charge >= 0.3 is 0 Å². The molecular weight excluding hydrogens is 423 g/mol. The third-order valence-corrected chi connectivity index (χ3v) is 6.15. The number of aromatic nitrogens is 2. The lowest BCUT2D eigenvalue weighted by atomic mass is 10.3. The number of nitrogens with zero attached hydrogens (tertiary/aromatic N) is 3. The molecule has 0 radical (unpaired) electrons. The second kappa shape index (κ2) is 9.29. The molecule has 3 aromatic heterocycles. The Morgan fingerprint density at radius 3 is 2.60 bits per heavy atom. The van der Waals surface area contributed by atoms with Crippen LogP contribution in [0.1, 0.15) is 30.3 Å². The highest BCUT2D eigenvalue weighted by molar-refractivity contribution is 7.13. The summed E-state index contributed by atoms with van der Waals surface area (Å²) < 4.78 is 18.5. The Morgan fingerprint density at radius 1 is 1.07 bits per heavy atom. The van der Waals surface area contributed by atoms with Gasteiger partial charge in [0.25, 0.3) is 5.91 Å².